The van der Waals surface area contributed by atoms with Crippen LogP contribution < -0.4 is 10.6 Å². The van der Waals surface area contributed by atoms with Gasteiger partial charge in [-0.1, -0.05) is 11.6 Å². The van der Waals surface area contributed by atoms with Crippen LogP contribution in [0.3, 0.4) is 0 Å². The number of halogens is 1. The van der Waals surface area contributed by atoms with Crippen molar-refractivity contribution in [2.75, 3.05) is 37.8 Å². The summed E-state index contributed by atoms with van der Waals surface area (Å²) in [6.07, 6.45) is 3.80. The lowest BCUT2D eigenvalue weighted by atomic mass is 10.2. The monoisotopic (exact) mass is 255 g/mol. The van der Waals surface area contributed by atoms with Gasteiger partial charge >= 0.3 is 0 Å². The van der Waals surface area contributed by atoms with Gasteiger partial charge in [-0.25, -0.2) is 9.97 Å². The number of nitrogen functional groups attached to an aromatic ring is 1. The zero-order valence-electron chi connectivity index (χ0n) is 10.2. The van der Waals surface area contributed by atoms with E-state index < -0.39 is 0 Å². The molecule has 0 aromatic carbocycles. The van der Waals surface area contributed by atoms with E-state index in [4.69, 9.17) is 17.3 Å². The molecule has 0 bridgehead atoms. The van der Waals surface area contributed by atoms with Crippen LogP contribution in [0.4, 0.5) is 11.5 Å². The van der Waals surface area contributed by atoms with E-state index in [2.05, 4.69) is 33.9 Å². The molecule has 6 heteroatoms. The van der Waals surface area contributed by atoms with Crippen LogP contribution in [0.1, 0.15) is 12.8 Å². The van der Waals surface area contributed by atoms with Gasteiger partial charge in [0, 0.05) is 19.1 Å². The Kier molecular flexibility index (Phi) is 3.69. The lowest BCUT2D eigenvalue weighted by Crippen LogP contribution is -2.38. The Morgan fingerprint density at radius 3 is 3.00 bits per heavy atom. The lowest BCUT2D eigenvalue weighted by molar-refractivity contribution is 0.371. The number of hydrogen-bond donors (Lipinski definition) is 1. The van der Waals surface area contributed by atoms with Gasteiger partial charge in [0.1, 0.15) is 12.0 Å². The number of rotatable bonds is 3. The van der Waals surface area contributed by atoms with Crippen molar-refractivity contribution in [1.82, 2.24) is 14.9 Å². The number of likely N-dealkylation sites (N-methyl/N-ethyl adjacent to an activating group) is 1. The predicted molar refractivity (Wildman–Crippen MR) is 70.4 cm³/mol. The maximum atomic E-state index is 5.94. The molecule has 94 valence electrons. The minimum absolute atomic E-state index is 0.338. The van der Waals surface area contributed by atoms with Gasteiger partial charge in [-0.2, -0.15) is 0 Å². The zero-order valence-corrected chi connectivity index (χ0v) is 11.0. The van der Waals surface area contributed by atoms with Gasteiger partial charge < -0.3 is 15.5 Å². The minimum Gasteiger partial charge on any atom is -0.393 e. The highest BCUT2D eigenvalue weighted by Crippen LogP contribution is 2.31. The molecular weight excluding hydrogens is 238 g/mol. The van der Waals surface area contributed by atoms with Crippen LogP contribution in [-0.4, -0.2) is 48.1 Å². The van der Waals surface area contributed by atoms with Crippen LogP contribution in [0.15, 0.2) is 6.33 Å². The molecule has 2 N–H and O–H groups in total. The second kappa shape index (κ2) is 5.06. The SMILES string of the molecule is CN(C)CC1CCCN1c1ncnc(Cl)c1N. The van der Waals surface area contributed by atoms with Crippen LogP contribution in [0, 0.1) is 0 Å². The van der Waals surface area contributed by atoms with Gasteiger partial charge in [-0.05, 0) is 26.9 Å². The molecule has 17 heavy (non-hydrogen) atoms. The Morgan fingerprint density at radius 2 is 2.29 bits per heavy atom. The first-order valence-electron chi connectivity index (χ1n) is 5.77. The first-order chi connectivity index (χ1) is 8.09. The van der Waals surface area contributed by atoms with Crippen LogP contribution in [-0.2, 0) is 0 Å². The summed E-state index contributed by atoms with van der Waals surface area (Å²) in [5.74, 6) is 0.773. The molecule has 1 atom stereocenters. The molecule has 2 heterocycles. The van der Waals surface area contributed by atoms with Crippen molar-refractivity contribution in [2.45, 2.75) is 18.9 Å². The van der Waals surface area contributed by atoms with Gasteiger partial charge in [0.25, 0.3) is 0 Å². The van der Waals surface area contributed by atoms with Gasteiger partial charge in [0.05, 0.1) is 0 Å². The lowest BCUT2D eigenvalue weighted by Gasteiger charge is -2.28. The number of anilines is 2. The second-order valence-corrected chi connectivity index (χ2v) is 5.01. The predicted octanol–water partition coefficient (Wildman–Crippen LogP) is 1.24. The van der Waals surface area contributed by atoms with Crippen molar-refractivity contribution in [2.24, 2.45) is 0 Å². The highest BCUT2D eigenvalue weighted by atomic mass is 35.5. The first-order valence-corrected chi connectivity index (χ1v) is 6.14. The van der Waals surface area contributed by atoms with E-state index in [1.54, 1.807) is 0 Å². The summed E-state index contributed by atoms with van der Waals surface area (Å²) in [6, 6.07) is 0.457. The summed E-state index contributed by atoms with van der Waals surface area (Å²) in [5, 5.41) is 0.338. The van der Waals surface area contributed by atoms with E-state index in [1.807, 2.05) is 0 Å². The molecule has 0 spiro atoms. The number of aromatic nitrogens is 2. The molecular formula is C11H18ClN5. The van der Waals surface area contributed by atoms with Gasteiger partial charge in [-0.3, -0.25) is 0 Å². The third-order valence-corrected chi connectivity index (χ3v) is 3.34. The average Bonchev–Trinajstić information content (AvgIpc) is 2.69. The topological polar surface area (TPSA) is 58.3 Å². The summed E-state index contributed by atoms with van der Waals surface area (Å²) < 4.78 is 0. The van der Waals surface area contributed by atoms with E-state index >= 15 is 0 Å². The van der Waals surface area contributed by atoms with Crippen LogP contribution in [0.2, 0.25) is 5.15 Å². The molecule has 1 fully saturated rings. The molecule has 0 saturated carbocycles. The maximum absolute atomic E-state index is 5.94. The number of hydrogen-bond acceptors (Lipinski definition) is 5. The summed E-state index contributed by atoms with van der Waals surface area (Å²) in [6.45, 7) is 1.98. The third-order valence-electron chi connectivity index (χ3n) is 3.04. The molecule has 1 unspecified atom stereocenters. The summed E-state index contributed by atoms with van der Waals surface area (Å²) in [4.78, 5) is 12.6. The van der Waals surface area contributed by atoms with Crippen LogP contribution in [0.25, 0.3) is 0 Å². The third kappa shape index (κ3) is 2.61. The largest absolute Gasteiger partial charge is 0.393 e. The van der Waals surface area contributed by atoms with Crippen LogP contribution in [0.5, 0.6) is 0 Å². The molecule has 1 saturated heterocycles. The Bertz CT molecular complexity index is 395. The van der Waals surface area contributed by atoms with Crippen molar-refractivity contribution in [3.05, 3.63) is 11.5 Å². The highest BCUT2D eigenvalue weighted by Gasteiger charge is 2.28. The number of nitrogens with two attached hydrogens (primary N) is 1. The molecule has 1 aromatic heterocycles. The fourth-order valence-electron chi connectivity index (χ4n) is 2.32. The van der Waals surface area contributed by atoms with Crippen molar-refractivity contribution in [3.63, 3.8) is 0 Å². The Morgan fingerprint density at radius 1 is 1.53 bits per heavy atom. The van der Waals surface area contributed by atoms with Crippen molar-refractivity contribution in [3.8, 4) is 0 Å². The molecule has 0 aliphatic carbocycles. The second-order valence-electron chi connectivity index (χ2n) is 4.65. The molecule has 0 amide bonds. The Labute approximate surface area is 107 Å². The van der Waals surface area contributed by atoms with E-state index in [9.17, 15) is 0 Å². The van der Waals surface area contributed by atoms with Crippen LogP contribution >= 0.6 is 11.6 Å². The quantitative estimate of drug-likeness (QED) is 0.824. The first kappa shape index (κ1) is 12.4. The van der Waals surface area contributed by atoms with Crippen molar-refractivity contribution >= 4 is 23.1 Å². The highest BCUT2D eigenvalue weighted by molar-refractivity contribution is 6.32. The van der Waals surface area contributed by atoms with E-state index in [1.165, 1.54) is 19.2 Å². The van der Waals surface area contributed by atoms with Gasteiger partial charge in [-0.15, -0.1) is 0 Å². The average molecular weight is 256 g/mol. The van der Waals surface area contributed by atoms with E-state index in [-0.39, 0.29) is 0 Å². The summed E-state index contributed by atoms with van der Waals surface area (Å²) in [7, 11) is 4.15. The molecule has 1 aliphatic heterocycles. The van der Waals surface area contributed by atoms with Gasteiger partial charge in [0.15, 0.2) is 11.0 Å². The normalized spacial score (nSPS) is 20.2. The number of nitrogens with zero attached hydrogens (tertiary/aromatic N) is 4. The molecule has 0 radical (unpaired) electrons. The fraction of sp³-hybridized carbons (Fsp3) is 0.636. The Hall–Kier alpha value is -1.07. The molecule has 5 nitrogen and oxygen atoms in total. The molecule has 1 aromatic rings. The standard InChI is InChI=1S/C11H18ClN5/c1-16(2)6-8-4-3-5-17(8)11-9(13)10(12)14-7-15-11/h7-8H,3-6,13H2,1-2H3. The van der Waals surface area contributed by atoms with Gasteiger partial charge in [0.2, 0.25) is 0 Å². The molecule has 1 aliphatic rings. The Balaban J connectivity index is 2.23. The minimum atomic E-state index is 0.338. The fourth-order valence-corrected chi connectivity index (χ4v) is 2.45. The van der Waals surface area contributed by atoms with Crippen molar-refractivity contribution in [1.29, 1.82) is 0 Å². The summed E-state index contributed by atoms with van der Waals surface area (Å²) >= 11 is 5.93. The summed E-state index contributed by atoms with van der Waals surface area (Å²) in [5.41, 5.74) is 6.43. The zero-order chi connectivity index (χ0) is 12.4. The maximum Gasteiger partial charge on any atom is 0.157 e. The smallest absolute Gasteiger partial charge is 0.157 e. The van der Waals surface area contributed by atoms with E-state index in [0.29, 0.717) is 16.9 Å². The molecule has 2 rings (SSSR count). The van der Waals surface area contributed by atoms with Crippen molar-refractivity contribution < 1.29 is 0 Å². The van der Waals surface area contributed by atoms with E-state index in [0.717, 1.165) is 18.9 Å².